The van der Waals surface area contributed by atoms with Gasteiger partial charge < -0.3 is 5.73 Å². The predicted molar refractivity (Wildman–Crippen MR) is 74.0 cm³/mol. The summed E-state index contributed by atoms with van der Waals surface area (Å²) in [5, 5.41) is 0. The maximum absolute atomic E-state index is 6.86. The minimum absolute atomic E-state index is 0.214. The van der Waals surface area contributed by atoms with Crippen molar-refractivity contribution in [1.82, 2.24) is 0 Å². The van der Waals surface area contributed by atoms with Gasteiger partial charge in [-0.1, -0.05) is 0 Å². The first-order valence-corrected chi connectivity index (χ1v) is 8.77. The van der Waals surface area contributed by atoms with Crippen LogP contribution in [0, 0.1) is 29.6 Å². The standard InChI is InChI=1S/C15H25NS/c16-15(2-1-3-17-9-15)14-12-5-10-4-11(7-12)8-13(14)6-10/h10-14H,1-9,16H2. The topological polar surface area (TPSA) is 26.0 Å². The Morgan fingerprint density at radius 1 is 0.941 bits per heavy atom. The van der Waals surface area contributed by atoms with Crippen molar-refractivity contribution >= 4 is 11.8 Å². The SMILES string of the molecule is NC1(C2C3CC4CC(C3)CC2C4)CCCSC1. The monoisotopic (exact) mass is 251 g/mol. The first-order valence-electron chi connectivity index (χ1n) is 7.61. The minimum atomic E-state index is 0.214. The fourth-order valence-corrected chi connectivity index (χ4v) is 7.17. The predicted octanol–water partition coefficient (Wildman–Crippen LogP) is 3.28. The first kappa shape index (κ1) is 11.2. The smallest absolute Gasteiger partial charge is 0.0280 e. The third kappa shape index (κ3) is 1.70. The van der Waals surface area contributed by atoms with Crippen LogP contribution in [0.25, 0.3) is 0 Å². The lowest BCUT2D eigenvalue weighted by molar-refractivity contribution is -0.0671. The number of rotatable bonds is 1. The molecule has 2 heteroatoms. The van der Waals surface area contributed by atoms with E-state index in [9.17, 15) is 0 Å². The second-order valence-corrected chi connectivity index (χ2v) is 8.45. The first-order chi connectivity index (χ1) is 8.24. The molecule has 0 aromatic rings. The third-order valence-corrected chi connectivity index (χ3v) is 7.51. The lowest BCUT2D eigenvalue weighted by Crippen LogP contribution is -2.61. The molecule has 0 aromatic heterocycles. The Kier molecular flexibility index (Phi) is 2.56. The highest BCUT2D eigenvalue weighted by Gasteiger charge is 2.54. The molecule has 96 valence electrons. The van der Waals surface area contributed by atoms with Crippen LogP contribution in [-0.4, -0.2) is 17.0 Å². The number of thioether (sulfide) groups is 1. The Hall–Kier alpha value is 0.310. The van der Waals surface area contributed by atoms with E-state index in [1.54, 1.807) is 6.42 Å². The van der Waals surface area contributed by atoms with E-state index in [1.165, 1.54) is 50.0 Å². The van der Waals surface area contributed by atoms with E-state index in [-0.39, 0.29) is 5.54 Å². The van der Waals surface area contributed by atoms with Gasteiger partial charge in [0.15, 0.2) is 0 Å². The van der Waals surface area contributed by atoms with Crippen molar-refractivity contribution in [2.75, 3.05) is 11.5 Å². The second kappa shape index (κ2) is 3.90. The van der Waals surface area contributed by atoms with Gasteiger partial charge in [0.1, 0.15) is 0 Å². The molecule has 0 aromatic carbocycles. The van der Waals surface area contributed by atoms with Crippen LogP contribution in [0.15, 0.2) is 0 Å². The van der Waals surface area contributed by atoms with Gasteiger partial charge >= 0.3 is 0 Å². The molecular formula is C15H25NS. The van der Waals surface area contributed by atoms with Gasteiger partial charge in [-0.3, -0.25) is 0 Å². The molecule has 0 radical (unpaired) electrons. The van der Waals surface area contributed by atoms with Gasteiger partial charge in [-0.2, -0.15) is 11.8 Å². The Bertz CT molecular complexity index is 280. The Morgan fingerprint density at radius 2 is 1.59 bits per heavy atom. The minimum Gasteiger partial charge on any atom is -0.324 e. The van der Waals surface area contributed by atoms with Gasteiger partial charge in [-0.25, -0.2) is 0 Å². The Labute approximate surface area is 109 Å². The average Bonchev–Trinajstić information content (AvgIpc) is 2.27. The van der Waals surface area contributed by atoms with Gasteiger partial charge in [0, 0.05) is 11.3 Å². The lowest BCUT2D eigenvalue weighted by atomic mass is 9.48. The van der Waals surface area contributed by atoms with E-state index in [0.717, 1.165) is 29.6 Å². The average molecular weight is 251 g/mol. The molecule has 4 bridgehead atoms. The zero-order valence-corrected chi connectivity index (χ0v) is 11.6. The van der Waals surface area contributed by atoms with Crippen molar-refractivity contribution in [2.24, 2.45) is 35.3 Å². The summed E-state index contributed by atoms with van der Waals surface area (Å²) in [5.41, 5.74) is 7.08. The summed E-state index contributed by atoms with van der Waals surface area (Å²) in [4.78, 5) is 0. The van der Waals surface area contributed by atoms with Crippen LogP contribution in [0.1, 0.15) is 44.9 Å². The largest absolute Gasteiger partial charge is 0.324 e. The van der Waals surface area contributed by atoms with Crippen LogP contribution < -0.4 is 5.73 Å². The summed E-state index contributed by atoms with van der Waals surface area (Å²) in [6.07, 6.45) is 10.4. The molecule has 1 nitrogen and oxygen atoms in total. The van der Waals surface area contributed by atoms with Crippen molar-refractivity contribution in [3.63, 3.8) is 0 Å². The normalized spacial score (nSPS) is 57.4. The van der Waals surface area contributed by atoms with Crippen molar-refractivity contribution in [3.05, 3.63) is 0 Å². The van der Waals surface area contributed by atoms with Gasteiger partial charge in [0.25, 0.3) is 0 Å². The van der Waals surface area contributed by atoms with Crippen molar-refractivity contribution in [2.45, 2.75) is 50.5 Å². The number of nitrogens with two attached hydrogens (primary N) is 1. The van der Waals surface area contributed by atoms with Gasteiger partial charge in [0.05, 0.1) is 0 Å². The molecular weight excluding hydrogens is 226 g/mol. The summed E-state index contributed by atoms with van der Waals surface area (Å²) in [6, 6.07) is 0. The molecule has 4 aliphatic carbocycles. The Balaban J connectivity index is 1.61. The summed E-state index contributed by atoms with van der Waals surface area (Å²) in [5.74, 6) is 7.70. The van der Waals surface area contributed by atoms with E-state index >= 15 is 0 Å². The highest BCUT2D eigenvalue weighted by atomic mass is 32.2. The van der Waals surface area contributed by atoms with Crippen molar-refractivity contribution in [3.8, 4) is 0 Å². The van der Waals surface area contributed by atoms with Gasteiger partial charge in [0.2, 0.25) is 0 Å². The van der Waals surface area contributed by atoms with Crippen LogP contribution in [0.3, 0.4) is 0 Å². The van der Waals surface area contributed by atoms with Crippen molar-refractivity contribution < 1.29 is 0 Å². The van der Waals surface area contributed by atoms with Crippen LogP contribution in [0.5, 0.6) is 0 Å². The quantitative estimate of drug-likeness (QED) is 0.774. The molecule has 2 N–H and O–H groups in total. The summed E-state index contributed by atoms with van der Waals surface area (Å²) in [6.45, 7) is 0. The van der Waals surface area contributed by atoms with E-state index in [0.29, 0.717) is 0 Å². The van der Waals surface area contributed by atoms with Crippen LogP contribution >= 0.6 is 11.8 Å². The van der Waals surface area contributed by atoms with E-state index in [2.05, 4.69) is 11.8 Å². The molecule has 1 aliphatic heterocycles. The molecule has 17 heavy (non-hydrogen) atoms. The molecule has 5 aliphatic rings. The fourth-order valence-electron chi connectivity index (χ4n) is 5.96. The maximum atomic E-state index is 6.86. The fraction of sp³-hybridized carbons (Fsp3) is 1.00. The van der Waals surface area contributed by atoms with Crippen molar-refractivity contribution in [1.29, 1.82) is 0 Å². The van der Waals surface area contributed by atoms with Gasteiger partial charge in [-0.05, 0) is 80.3 Å². The molecule has 0 spiro atoms. The highest BCUT2D eigenvalue weighted by Crippen LogP contribution is 2.59. The second-order valence-electron chi connectivity index (χ2n) is 7.35. The lowest BCUT2D eigenvalue weighted by Gasteiger charge is -2.59. The van der Waals surface area contributed by atoms with E-state index < -0.39 is 0 Å². The van der Waals surface area contributed by atoms with Crippen LogP contribution in [0.4, 0.5) is 0 Å². The number of hydrogen-bond acceptors (Lipinski definition) is 2. The third-order valence-electron chi connectivity index (χ3n) is 6.19. The summed E-state index contributed by atoms with van der Waals surface area (Å²) < 4.78 is 0. The Morgan fingerprint density at radius 3 is 2.12 bits per heavy atom. The molecule has 1 atom stereocenters. The molecule has 5 fully saturated rings. The molecule has 5 rings (SSSR count). The zero-order chi connectivity index (χ0) is 11.5. The highest BCUT2D eigenvalue weighted by molar-refractivity contribution is 7.99. The molecule has 0 amide bonds. The molecule has 1 heterocycles. The van der Waals surface area contributed by atoms with E-state index in [1.807, 2.05) is 0 Å². The van der Waals surface area contributed by atoms with Gasteiger partial charge in [-0.15, -0.1) is 0 Å². The van der Waals surface area contributed by atoms with Crippen LogP contribution in [-0.2, 0) is 0 Å². The number of hydrogen-bond donors (Lipinski definition) is 1. The summed E-state index contributed by atoms with van der Waals surface area (Å²) in [7, 11) is 0. The molecule has 1 saturated heterocycles. The van der Waals surface area contributed by atoms with Crippen LogP contribution in [0.2, 0.25) is 0 Å². The zero-order valence-electron chi connectivity index (χ0n) is 10.7. The van der Waals surface area contributed by atoms with E-state index in [4.69, 9.17) is 5.73 Å². The maximum Gasteiger partial charge on any atom is 0.0280 e. The summed E-state index contributed by atoms with van der Waals surface area (Å²) >= 11 is 2.12. The molecule has 4 saturated carbocycles. The molecule has 1 unspecified atom stereocenters.